The van der Waals surface area contributed by atoms with Gasteiger partial charge in [0.05, 0.1) is 6.07 Å². The fourth-order valence-corrected chi connectivity index (χ4v) is 1.63. The zero-order chi connectivity index (χ0) is 10.7. The van der Waals surface area contributed by atoms with E-state index in [2.05, 4.69) is 11.0 Å². The predicted molar refractivity (Wildman–Crippen MR) is 53.4 cm³/mol. The SMILES string of the molecule is CC(C)C(=O)N1CCN(C)CC1C#N. The zero-order valence-corrected chi connectivity index (χ0v) is 9.03. The Kier molecular flexibility index (Phi) is 3.48. The molecule has 0 N–H and O–H groups in total. The van der Waals surface area contributed by atoms with Crippen LogP contribution in [0.4, 0.5) is 0 Å². The monoisotopic (exact) mass is 195 g/mol. The van der Waals surface area contributed by atoms with Gasteiger partial charge < -0.3 is 9.80 Å². The first-order valence-electron chi connectivity index (χ1n) is 4.95. The van der Waals surface area contributed by atoms with Gasteiger partial charge in [-0.1, -0.05) is 13.8 Å². The number of amides is 1. The minimum absolute atomic E-state index is 0.0192. The third-order valence-corrected chi connectivity index (χ3v) is 2.51. The molecule has 4 heteroatoms. The smallest absolute Gasteiger partial charge is 0.226 e. The van der Waals surface area contributed by atoms with Crippen LogP contribution >= 0.6 is 0 Å². The van der Waals surface area contributed by atoms with E-state index in [0.29, 0.717) is 13.1 Å². The summed E-state index contributed by atoms with van der Waals surface area (Å²) in [6, 6.07) is 1.91. The third kappa shape index (κ3) is 2.24. The van der Waals surface area contributed by atoms with Crippen LogP contribution in [0.25, 0.3) is 0 Å². The molecule has 0 bridgehead atoms. The van der Waals surface area contributed by atoms with Gasteiger partial charge in [-0.05, 0) is 7.05 Å². The van der Waals surface area contributed by atoms with Crippen LogP contribution in [0.1, 0.15) is 13.8 Å². The van der Waals surface area contributed by atoms with E-state index < -0.39 is 0 Å². The van der Waals surface area contributed by atoms with E-state index in [1.807, 2.05) is 20.9 Å². The molecule has 0 saturated carbocycles. The molecule has 1 aliphatic heterocycles. The molecule has 0 aromatic heterocycles. The number of nitrogens with zero attached hydrogens (tertiary/aromatic N) is 3. The molecule has 1 fully saturated rings. The molecule has 0 aromatic rings. The number of nitriles is 1. The van der Waals surface area contributed by atoms with Crippen molar-refractivity contribution in [3.63, 3.8) is 0 Å². The highest BCUT2D eigenvalue weighted by atomic mass is 16.2. The molecule has 0 spiro atoms. The Balaban J connectivity index is 2.69. The van der Waals surface area contributed by atoms with E-state index in [4.69, 9.17) is 5.26 Å². The highest BCUT2D eigenvalue weighted by molar-refractivity contribution is 5.78. The van der Waals surface area contributed by atoms with E-state index in [9.17, 15) is 4.79 Å². The summed E-state index contributed by atoms with van der Waals surface area (Å²) in [6.07, 6.45) is 0. The zero-order valence-electron chi connectivity index (χ0n) is 9.03. The van der Waals surface area contributed by atoms with Crippen molar-refractivity contribution < 1.29 is 4.79 Å². The van der Waals surface area contributed by atoms with Crippen LogP contribution in [0, 0.1) is 17.2 Å². The second-order valence-electron chi connectivity index (χ2n) is 4.09. The van der Waals surface area contributed by atoms with E-state index >= 15 is 0 Å². The maximum Gasteiger partial charge on any atom is 0.226 e. The van der Waals surface area contributed by atoms with Crippen molar-refractivity contribution in [2.75, 3.05) is 26.7 Å². The van der Waals surface area contributed by atoms with Crippen LogP contribution in [0.3, 0.4) is 0 Å². The summed E-state index contributed by atoms with van der Waals surface area (Å²) in [5.41, 5.74) is 0. The van der Waals surface area contributed by atoms with Crippen molar-refractivity contribution in [3.05, 3.63) is 0 Å². The molecule has 0 radical (unpaired) electrons. The van der Waals surface area contributed by atoms with Gasteiger partial charge in [0, 0.05) is 25.6 Å². The Morgan fingerprint density at radius 3 is 2.64 bits per heavy atom. The molecular formula is C10H17N3O. The van der Waals surface area contributed by atoms with Crippen LogP contribution in [0.15, 0.2) is 0 Å². The van der Waals surface area contributed by atoms with Gasteiger partial charge in [0.15, 0.2) is 0 Å². The third-order valence-electron chi connectivity index (χ3n) is 2.51. The lowest BCUT2D eigenvalue weighted by Gasteiger charge is -2.37. The van der Waals surface area contributed by atoms with Crippen LogP contribution in [-0.2, 0) is 4.79 Å². The number of carbonyl (C=O) groups excluding carboxylic acids is 1. The summed E-state index contributed by atoms with van der Waals surface area (Å²) in [4.78, 5) is 15.5. The molecule has 0 aliphatic carbocycles. The van der Waals surface area contributed by atoms with Crippen molar-refractivity contribution >= 4 is 5.91 Å². The summed E-state index contributed by atoms with van der Waals surface area (Å²) in [6.45, 7) is 5.93. The second kappa shape index (κ2) is 4.43. The number of likely N-dealkylation sites (N-methyl/N-ethyl adjacent to an activating group) is 1. The van der Waals surface area contributed by atoms with Gasteiger partial charge in [0.1, 0.15) is 6.04 Å². The van der Waals surface area contributed by atoms with Crippen molar-refractivity contribution in [2.24, 2.45) is 5.92 Å². The highest BCUT2D eigenvalue weighted by Gasteiger charge is 2.29. The fraction of sp³-hybridized carbons (Fsp3) is 0.800. The molecule has 4 nitrogen and oxygen atoms in total. The quantitative estimate of drug-likeness (QED) is 0.605. The van der Waals surface area contributed by atoms with E-state index in [0.717, 1.165) is 6.54 Å². The molecule has 14 heavy (non-hydrogen) atoms. The fourth-order valence-electron chi connectivity index (χ4n) is 1.63. The van der Waals surface area contributed by atoms with Crippen molar-refractivity contribution in [1.82, 2.24) is 9.80 Å². The summed E-state index contributed by atoms with van der Waals surface area (Å²) in [7, 11) is 1.97. The van der Waals surface area contributed by atoms with Gasteiger partial charge in [0.2, 0.25) is 5.91 Å². The molecule has 1 atom stereocenters. The molecule has 1 amide bonds. The minimum atomic E-state index is -0.274. The van der Waals surface area contributed by atoms with Gasteiger partial charge in [-0.3, -0.25) is 4.79 Å². The largest absolute Gasteiger partial charge is 0.324 e. The lowest BCUT2D eigenvalue weighted by molar-refractivity contribution is -0.137. The van der Waals surface area contributed by atoms with Crippen molar-refractivity contribution in [1.29, 1.82) is 5.26 Å². The summed E-state index contributed by atoms with van der Waals surface area (Å²) >= 11 is 0. The Labute approximate surface area is 85.1 Å². The second-order valence-corrected chi connectivity index (χ2v) is 4.09. The van der Waals surface area contributed by atoms with Crippen LogP contribution < -0.4 is 0 Å². The highest BCUT2D eigenvalue weighted by Crippen LogP contribution is 2.11. The van der Waals surface area contributed by atoms with Crippen molar-refractivity contribution in [2.45, 2.75) is 19.9 Å². The lowest BCUT2D eigenvalue weighted by atomic mass is 10.1. The average Bonchev–Trinajstić information content (AvgIpc) is 2.16. The van der Waals surface area contributed by atoms with Crippen LogP contribution in [0.2, 0.25) is 0 Å². The summed E-state index contributed by atoms with van der Waals surface area (Å²) < 4.78 is 0. The molecule has 1 saturated heterocycles. The van der Waals surface area contributed by atoms with E-state index in [1.54, 1.807) is 4.90 Å². The Morgan fingerprint density at radius 2 is 2.14 bits per heavy atom. The first kappa shape index (κ1) is 11.0. The molecule has 1 aliphatic rings. The minimum Gasteiger partial charge on any atom is -0.324 e. The van der Waals surface area contributed by atoms with Crippen LogP contribution in [-0.4, -0.2) is 48.4 Å². The Morgan fingerprint density at radius 1 is 1.50 bits per heavy atom. The molecular weight excluding hydrogens is 178 g/mol. The van der Waals surface area contributed by atoms with Crippen LogP contribution in [0.5, 0.6) is 0 Å². The van der Waals surface area contributed by atoms with Crippen molar-refractivity contribution in [3.8, 4) is 6.07 Å². The standard InChI is InChI=1S/C10H17N3O/c1-8(2)10(14)13-5-4-12(3)7-9(13)6-11/h8-9H,4-5,7H2,1-3H3. The predicted octanol–water partition coefficient (Wildman–Crippen LogP) is 0.309. The summed E-state index contributed by atoms with van der Waals surface area (Å²) in [5, 5.41) is 8.94. The van der Waals surface area contributed by atoms with Gasteiger partial charge >= 0.3 is 0 Å². The average molecular weight is 195 g/mol. The number of carbonyl (C=O) groups is 1. The molecule has 0 aromatic carbocycles. The first-order chi connectivity index (χ1) is 6.56. The lowest BCUT2D eigenvalue weighted by Crippen LogP contribution is -2.54. The molecule has 1 rings (SSSR count). The Bertz CT molecular complexity index is 257. The first-order valence-corrected chi connectivity index (χ1v) is 4.95. The normalized spacial score (nSPS) is 23.6. The van der Waals surface area contributed by atoms with Gasteiger partial charge in [-0.25, -0.2) is 0 Å². The Hall–Kier alpha value is -1.08. The maximum absolute atomic E-state index is 11.7. The molecule has 1 unspecified atom stereocenters. The van der Waals surface area contributed by atoms with Gasteiger partial charge in [-0.15, -0.1) is 0 Å². The number of hydrogen-bond acceptors (Lipinski definition) is 3. The van der Waals surface area contributed by atoms with Gasteiger partial charge in [0.25, 0.3) is 0 Å². The number of hydrogen-bond donors (Lipinski definition) is 0. The number of piperazine rings is 1. The number of rotatable bonds is 1. The van der Waals surface area contributed by atoms with Gasteiger partial charge in [-0.2, -0.15) is 5.26 Å². The summed E-state index contributed by atoms with van der Waals surface area (Å²) in [5.74, 6) is 0.0684. The molecule has 78 valence electrons. The molecule has 1 heterocycles. The maximum atomic E-state index is 11.7. The van der Waals surface area contributed by atoms with E-state index in [-0.39, 0.29) is 17.9 Å². The topological polar surface area (TPSA) is 47.3 Å². The van der Waals surface area contributed by atoms with E-state index in [1.165, 1.54) is 0 Å².